The lowest BCUT2D eigenvalue weighted by atomic mass is 10.1. The van der Waals surface area contributed by atoms with Crippen molar-refractivity contribution in [2.24, 2.45) is 5.73 Å². The van der Waals surface area contributed by atoms with E-state index in [0.29, 0.717) is 19.8 Å². The van der Waals surface area contributed by atoms with Crippen molar-refractivity contribution in [1.29, 1.82) is 0 Å². The van der Waals surface area contributed by atoms with Gasteiger partial charge < -0.3 is 23.7 Å². The van der Waals surface area contributed by atoms with Crippen molar-refractivity contribution >= 4 is 8.80 Å². The first-order chi connectivity index (χ1) is 11.1. The molecule has 0 heterocycles. The molecule has 0 fully saturated rings. The van der Waals surface area contributed by atoms with Crippen LogP contribution in [0, 0.1) is 0 Å². The van der Waals surface area contributed by atoms with Crippen LogP contribution in [-0.2, 0) is 18.0 Å². The van der Waals surface area contributed by atoms with E-state index in [9.17, 15) is 0 Å². The van der Waals surface area contributed by atoms with Crippen molar-refractivity contribution in [2.45, 2.75) is 85.0 Å². The minimum absolute atomic E-state index is 0.0330. The number of hydrogen-bond donors (Lipinski definition) is 1. The molecule has 0 saturated heterocycles. The third-order valence-corrected chi connectivity index (χ3v) is 6.86. The molecular formula is C17H39NO4Si. The van der Waals surface area contributed by atoms with E-state index in [2.05, 4.69) is 20.8 Å². The van der Waals surface area contributed by atoms with Crippen LogP contribution in [0.5, 0.6) is 0 Å². The van der Waals surface area contributed by atoms with Gasteiger partial charge in [-0.25, -0.2) is 0 Å². The molecule has 0 aliphatic heterocycles. The molecule has 0 aromatic carbocycles. The van der Waals surface area contributed by atoms with Crippen molar-refractivity contribution in [1.82, 2.24) is 0 Å². The van der Waals surface area contributed by atoms with Crippen LogP contribution in [0.2, 0.25) is 6.04 Å². The molecule has 0 aliphatic rings. The topological polar surface area (TPSA) is 62.9 Å². The normalized spacial score (nSPS) is 14.9. The van der Waals surface area contributed by atoms with Gasteiger partial charge in [0.15, 0.2) is 0 Å². The minimum Gasteiger partial charge on any atom is -0.376 e. The van der Waals surface area contributed by atoms with E-state index < -0.39 is 8.80 Å². The van der Waals surface area contributed by atoms with Crippen molar-refractivity contribution in [3.8, 4) is 0 Å². The van der Waals surface area contributed by atoms with Gasteiger partial charge in [0.2, 0.25) is 0 Å². The van der Waals surface area contributed by atoms with Crippen LogP contribution in [0.1, 0.15) is 66.7 Å². The monoisotopic (exact) mass is 349 g/mol. The maximum atomic E-state index is 6.38. The summed E-state index contributed by atoms with van der Waals surface area (Å²) in [6, 6.07) is 0.767. The van der Waals surface area contributed by atoms with Crippen LogP contribution in [0.3, 0.4) is 0 Å². The van der Waals surface area contributed by atoms with E-state index in [1.807, 2.05) is 13.8 Å². The molecule has 2 atom stereocenters. The maximum Gasteiger partial charge on any atom is 0.501 e. The average molecular weight is 350 g/mol. The third kappa shape index (κ3) is 9.79. The molecule has 0 radical (unpaired) electrons. The predicted octanol–water partition coefficient (Wildman–Crippen LogP) is 3.74. The lowest BCUT2D eigenvalue weighted by Gasteiger charge is -2.34. The summed E-state index contributed by atoms with van der Waals surface area (Å²) in [6.07, 6.45) is 5.20. The highest BCUT2D eigenvalue weighted by atomic mass is 28.4. The van der Waals surface area contributed by atoms with Gasteiger partial charge in [0.1, 0.15) is 0 Å². The Labute approximate surface area is 144 Å². The number of unbranched alkanes of at least 4 members (excludes halogenated alkanes) is 1. The van der Waals surface area contributed by atoms with Gasteiger partial charge in [-0.3, -0.25) is 0 Å². The zero-order chi connectivity index (χ0) is 17.6. The highest BCUT2D eigenvalue weighted by Crippen LogP contribution is 2.23. The van der Waals surface area contributed by atoms with E-state index in [-0.39, 0.29) is 12.2 Å². The molecule has 23 heavy (non-hydrogen) atoms. The van der Waals surface area contributed by atoms with Crippen LogP contribution in [0.25, 0.3) is 0 Å². The summed E-state index contributed by atoms with van der Waals surface area (Å²) in [6.45, 7) is 13.0. The predicted molar refractivity (Wildman–Crippen MR) is 97.6 cm³/mol. The summed E-state index contributed by atoms with van der Waals surface area (Å²) in [5.74, 6) is 0. The Bertz CT molecular complexity index is 263. The van der Waals surface area contributed by atoms with Crippen molar-refractivity contribution in [3.05, 3.63) is 0 Å². The number of rotatable bonds is 16. The molecule has 0 rings (SSSR count). The van der Waals surface area contributed by atoms with Crippen molar-refractivity contribution in [3.63, 3.8) is 0 Å². The molecular weight excluding hydrogens is 310 g/mol. The Morgan fingerprint density at radius 1 is 0.957 bits per heavy atom. The van der Waals surface area contributed by atoms with Gasteiger partial charge in [-0.1, -0.05) is 26.7 Å². The SMILES string of the molecule is CCCCOC(CCC)C(C)O[Si](CCCN)(OCC)OCC. The zero-order valence-electron chi connectivity index (χ0n) is 15.9. The van der Waals surface area contributed by atoms with Gasteiger partial charge in [-0.15, -0.1) is 0 Å². The van der Waals surface area contributed by atoms with Gasteiger partial charge >= 0.3 is 8.80 Å². The van der Waals surface area contributed by atoms with Crippen LogP contribution in [-0.4, -0.2) is 47.4 Å². The van der Waals surface area contributed by atoms with Gasteiger partial charge in [-0.2, -0.15) is 0 Å². The summed E-state index contributed by atoms with van der Waals surface area (Å²) in [5.41, 5.74) is 5.68. The third-order valence-electron chi connectivity index (χ3n) is 3.71. The number of nitrogens with two attached hydrogens (primary N) is 1. The van der Waals surface area contributed by atoms with E-state index >= 15 is 0 Å². The van der Waals surface area contributed by atoms with Gasteiger partial charge in [0, 0.05) is 25.9 Å². The Hall–Kier alpha value is 0.0169. The van der Waals surface area contributed by atoms with Crippen LogP contribution in [0.4, 0.5) is 0 Å². The summed E-state index contributed by atoms with van der Waals surface area (Å²) in [5, 5.41) is 0. The summed E-state index contributed by atoms with van der Waals surface area (Å²) >= 11 is 0. The Balaban J connectivity index is 4.86. The van der Waals surface area contributed by atoms with Crippen LogP contribution < -0.4 is 5.73 Å². The summed E-state index contributed by atoms with van der Waals surface area (Å²) < 4.78 is 24.4. The molecule has 5 nitrogen and oxygen atoms in total. The standard InChI is InChI=1S/C17H39NO4Si/c1-6-10-14-19-17(12-7-2)16(5)22-23(20-8-3,21-9-4)15-11-13-18/h16-17H,6-15,18H2,1-5H3. The molecule has 2 unspecified atom stereocenters. The molecule has 2 N–H and O–H groups in total. The van der Waals surface area contributed by atoms with Crippen LogP contribution >= 0.6 is 0 Å². The molecule has 0 saturated carbocycles. The van der Waals surface area contributed by atoms with E-state index in [4.69, 9.17) is 23.7 Å². The van der Waals surface area contributed by atoms with Crippen molar-refractivity contribution in [2.75, 3.05) is 26.4 Å². The highest BCUT2D eigenvalue weighted by Gasteiger charge is 2.43. The lowest BCUT2D eigenvalue weighted by molar-refractivity contribution is -0.0577. The molecule has 0 aliphatic carbocycles. The Kier molecular flexibility index (Phi) is 14.4. The summed E-state index contributed by atoms with van der Waals surface area (Å²) in [4.78, 5) is 0. The first kappa shape index (κ1) is 23.0. The van der Waals surface area contributed by atoms with Crippen LogP contribution in [0.15, 0.2) is 0 Å². The lowest BCUT2D eigenvalue weighted by Crippen LogP contribution is -2.50. The first-order valence-corrected chi connectivity index (χ1v) is 11.3. The fourth-order valence-corrected chi connectivity index (χ4v) is 5.41. The summed E-state index contributed by atoms with van der Waals surface area (Å²) in [7, 11) is -2.68. The molecule has 0 aromatic heterocycles. The molecule has 0 bridgehead atoms. The highest BCUT2D eigenvalue weighted by molar-refractivity contribution is 6.60. The van der Waals surface area contributed by atoms with E-state index in [1.54, 1.807) is 0 Å². The van der Waals surface area contributed by atoms with E-state index in [1.165, 1.54) is 0 Å². The second-order valence-corrected chi connectivity index (χ2v) is 8.49. The number of ether oxygens (including phenoxy) is 1. The van der Waals surface area contributed by atoms with Gasteiger partial charge in [0.05, 0.1) is 12.2 Å². The van der Waals surface area contributed by atoms with Gasteiger partial charge in [-0.05, 0) is 46.6 Å². The molecule has 6 heteroatoms. The molecule has 0 amide bonds. The first-order valence-electron chi connectivity index (χ1n) is 9.36. The molecule has 0 aromatic rings. The smallest absolute Gasteiger partial charge is 0.376 e. The molecule has 140 valence electrons. The largest absolute Gasteiger partial charge is 0.501 e. The fraction of sp³-hybridized carbons (Fsp3) is 1.00. The van der Waals surface area contributed by atoms with E-state index in [0.717, 1.165) is 44.8 Å². The molecule has 0 spiro atoms. The Morgan fingerprint density at radius 2 is 1.61 bits per heavy atom. The second kappa shape index (κ2) is 14.4. The Morgan fingerprint density at radius 3 is 2.09 bits per heavy atom. The maximum absolute atomic E-state index is 6.38. The quantitative estimate of drug-likeness (QED) is 0.340. The minimum atomic E-state index is -2.68. The van der Waals surface area contributed by atoms with Crippen molar-refractivity contribution < 1.29 is 18.0 Å². The second-order valence-electron chi connectivity index (χ2n) is 5.82. The zero-order valence-corrected chi connectivity index (χ0v) is 16.9. The van der Waals surface area contributed by atoms with Gasteiger partial charge in [0.25, 0.3) is 0 Å². The average Bonchev–Trinajstić information content (AvgIpc) is 2.52. The number of hydrogen-bond acceptors (Lipinski definition) is 5. The fourth-order valence-electron chi connectivity index (χ4n) is 2.55.